The number of hydrogen-bond donors (Lipinski definition) is 3. The van der Waals surface area contributed by atoms with Gasteiger partial charge >= 0.3 is 5.69 Å². The maximum Gasteiger partial charge on any atom is 0.331 e. The second-order valence-electron chi connectivity index (χ2n) is 4.33. The first-order valence-electron chi connectivity index (χ1n) is 6.00. The number of benzene rings is 1. The molecule has 110 valence electrons. The zero-order chi connectivity index (χ0) is 15.6. The Hall–Kier alpha value is -2.54. The Bertz CT molecular complexity index is 793. The molecule has 0 radical (unpaired) electrons. The molecular weight excluding hydrogens is 298 g/mol. The van der Waals surface area contributed by atoms with Gasteiger partial charge < -0.3 is 10.8 Å². The van der Waals surface area contributed by atoms with Gasteiger partial charge in [-0.05, 0) is 17.7 Å². The van der Waals surface area contributed by atoms with Gasteiger partial charge in [0.05, 0.1) is 0 Å². The number of aromatic hydroxyl groups is 1. The van der Waals surface area contributed by atoms with E-state index in [2.05, 4.69) is 4.98 Å². The first-order valence-corrected chi connectivity index (χ1v) is 6.38. The van der Waals surface area contributed by atoms with Gasteiger partial charge in [-0.3, -0.25) is 19.1 Å². The van der Waals surface area contributed by atoms with Gasteiger partial charge in [0.2, 0.25) is 11.8 Å². The van der Waals surface area contributed by atoms with Gasteiger partial charge in [-0.2, -0.15) is 0 Å². The number of nitrogens with zero attached hydrogens (tertiary/aromatic N) is 1. The van der Waals surface area contributed by atoms with Gasteiger partial charge in [-0.15, -0.1) is 0 Å². The third kappa shape index (κ3) is 3.14. The van der Waals surface area contributed by atoms with Crippen LogP contribution in [0.3, 0.4) is 0 Å². The van der Waals surface area contributed by atoms with Gasteiger partial charge in [-0.25, -0.2) is 4.79 Å². The van der Waals surface area contributed by atoms with E-state index in [1.165, 1.54) is 12.1 Å². The molecule has 21 heavy (non-hydrogen) atoms. The highest BCUT2D eigenvalue weighted by atomic mass is 35.5. The van der Waals surface area contributed by atoms with Crippen LogP contribution in [0.25, 0.3) is 11.1 Å². The molecule has 0 aliphatic carbocycles. The number of aromatic nitrogens is 2. The number of halogens is 1. The normalized spacial score (nSPS) is 10.5. The summed E-state index contributed by atoms with van der Waals surface area (Å²) in [5, 5.41) is 10.6. The van der Waals surface area contributed by atoms with Crippen LogP contribution in [-0.2, 0) is 11.3 Å². The van der Waals surface area contributed by atoms with Crippen molar-refractivity contribution in [1.29, 1.82) is 0 Å². The van der Waals surface area contributed by atoms with Crippen LogP contribution >= 0.6 is 11.6 Å². The first kappa shape index (κ1) is 14.9. The predicted molar refractivity (Wildman–Crippen MR) is 77.2 cm³/mol. The molecule has 0 aliphatic rings. The third-order valence-electron chi connectivity index (χ3n) is 2.89. The molecule has 0 saturated carbocycles. The highest BCUT2D eigenvalue weighted by Gasteiger charge is 2.16. The summed E-state index contributed by atoms with van der Waals surface area (Å²) in [7, 11) is 0. The Labute approximate surface area is 123 Å². The number of carbonyl (C=O) groups is 1. The number of aromatic amines is 1. The standard InChI is InChI=1S/C13H12ClN3O4/c14-8-3-1-7(2-4-8)10-11(19)16-13(21)17(12(10)20)6-5-9(15)18/h1-4,20H,5-6H2,(H2,15,18)(H,16,19,21). The monoisotopic (exact) mass is 309 g/mol. The Balaban J connectivity index is 2.58. The quantitative estimate of drug-likeness (QED) is 0.759. The molecule has 7 nitrogen and oxygen atoms in total. The molecule has 1 aromatic heterocycles. The van der Waals surface area contributed by atoms with E-state index in [-0.39, 0.29) is 18.5 Å². The summed E-state index contributed by atoms with van der Waals surface area (Å²) in [6, 6.07) is 6.17. The van der Waals surface area contributed by atoms with Crippen molar-refractivity contribution in [2.24, 2.45) is 5.73 Å². The fourth-order valence-corrected chi connectivity index (χ4v) is 1.99. The van der Waals surface area contributed by atoms with Crippen molar-refractivity contribution in [3.63, 3.8) is 0 Å². The highest BCUT2D eigenvalue weighted by molar-refractivity contribution is 6.30. The van der Waals surface area contributed by atoms with Gasteiger partial charge in [-0.1, -0.05) is 23.7 Å². The van der Waals surface area contributed by atoms with E-state index in [4.69, 9.17) is 17.3 Å². The van der Waals surface area contributed by atoms with Crippen molar-refractivity contribution in [2.75, 3.05) is 0 Å². The molecule has 2 rings (SSSR count). The fourth-order valence-electron chi connectivity index (χ4n) is 1.87. The Morgan fingerprint density at radius 2 is 1.90 bits per heavy atom. The lowest BCUT2D eigenvalue weighted by Crippen LogP contribution is -2.32. The molecule has 4 N–H and O–H groups in total. The summed E-state index contributed by atoms with van der Waals surface area (Å²) in [5.74, 6) is -1.15. The number of H-pyrrole nitrogens is 1. The van der Waals surface area contributed by atoms with Crippen molar-refractivity contribution in [3.8, 4) is 17.0 Å². The minimum Gasteiger partial charge on any atom is -0.494 e. The largest absolute Gasteiger partial charge is 0.494 e. The molecule has 0 fully saturated rings. The summed E-state index contributed by atoms with van der Waals surface area (Å²) in [6.07, 6.45) is -0.139. The molecule has 0 spiro atoms. The molecule has 0 bridgehead atoms. The molecule has 0 unspecified atom stereocenters. The van der Waals surface area contributed by atoms with Crippen LogP contribution in [0.15, 0.2) is 33.9 Å². The van der Waals surface area contributed by atoms with Crippen molar-refractivity contribution in [3.05, 3.63) is 50.1 Å². The summed E-state index contributed by atoms with van der Waals surface area (Å²) in [5.41, 5.74) is 3.80. The van der Waals surface area contributed by atoms with E-state index in [1.54, 1.807) is 12.1 Å². The molecule has 2 aromatic rings. The minimum absolute atomic E-state index is 0.0734. The molecule has 1 aromatic carbocycles. The molecular formula is C13H12ClN3O4. The van der Waals surface area contributed by atoms with Crippen LogP contribution in [-0.4, -0.2) is 20.6 Å². The molecule has 0 aliphatic heterocycles. The Kier molecular flexibility index (Phi) is 4.13. The summed E-state index contributed by atoms with van der Waals surface area (Å²) in [6.45, 7) is -0.128. The van der Waals surface area contributed by atoms with Crippen molar-refractivity contribution < 1.29 is 9.90 Å². The summed E-state index contributed by atoms with van der Waals surface area (Å²) < 4.78 is 0.885. The lowest BCUT2D eigenvalue weighted by Gasteiger charge is -2.10. The molecule has 1 amide bonds. The summed E-state index contributed by atoms with van der Waals surface area (Å²) in [4.78, 5) is 36.5. The third-order valence-corrected chi connectivity index (χ3v) is 3.14. The zero-order valence-corrected chi connectivity index (χ0v) is 11.6. The summed E-state index contributed by atoms with van der Waals surface area (Å²) >= 11 is 5.76. The lowest BCUT2D eigenvalue weighted by molar-refractivity contribution is -0.118. The molecule has 0 saturated heterocycles. The number of rotatable bonds is 4. The van der Waals surface area contributed by atoms with Crippen LogP contribution in [0, 0.1) is 0 Å². The second kappa shape index (κ2) is 5.84. The Morgan fingerprint density at radius 1 is 1.29 bits per heavy atom. The van der Waals surface area contributed by atoms with Gasteiger partial charge in [0.25, 0.3) is 5.56 Å². The van der Waals surface area contributed by atoms with E-state index in [0.29, 0.717) is 10.6 Å². The minimum atomic E-state index is -0.809. The second-order valence-corrected chi connectivity index (χ2v) is 4.77. The topological polar surface area (TPSA) is 118 Å². The fraction of sp³-hybridized carbons (Fsp3) is 0.154. The Morgan fingerprint density at radius 3 is 2.48 bits per heavy atom. The maximum absolute atomic E-state index is 11.9. The predicted octanol–water partition coefficient (Wildman–Crippen LogP) is 0.438. The molecule has 8 heteroatoms. The van der Waals surface area contributed by atoms with Crippen LogP contribution in [0.2, 0.25) is 5.02 Å². The van der Waals surface area contributed by atoms with Crippen molar-refractivity contribution in [1.82, 2.24) is 9.55 Å². The average Bonchev–Trinajstić information content (AvgIpc) is 2.40. The van der Waals surface area contributed by atoms with Gasteiger partial charge in [0.1, 0.15) is 5.56 Å². The van der Waals surface area contributed by atoms with E-state index < -0.39 is 23.0 Å². The highest BCUT2D eigenvalue weighted by Crippen LogP contribution is 2.25. The maximum atomic E-state index is 11.9. The van der Waals surface area contributed by atoms with Crippen LogP contribution in [0.4, 0.5) is 0 Å². The molecule has 1 heterocycles. The van der Waals surface area contributed by atoms with Crippen LogP contribution in [0.1, 0.15) is 6.42 Å². The zero-order valence-electron chi connectivity index (χ0n) is 10.8. The lowest BCUT2D eigenvalue weighted by atomic mass is 10.1. The number of nitrogens with one attached hydrogen (secondary N) is 1. The van der Waals surface area contributed by atoms with Crippen molar-refractivity contribution in [2.45, 2.75) is 13.0 Å². The molecule has 0 atom stereocenters. The smallest absolute Gasteiger partial charge is 0.331 e. The van der Waals surface area contributed by atoms with Gasteiger partial charge in [0.15, 0.2) is 0 Å². The van der Waals surface area contributed by atoms with Gasteiger partial charge in [0, 0.05) is 18.0 Å². The van der Waals surface area contributed by atoms with Crippen LogP contribution < -0.4 is 17.0 Å². The van der Waals surface area contributed by atoms with E-state index in [9.17, 15) is 19.5 Å². The first-order chi connectivity index (χ1) is 9.90. The number of nitrogens with two attached hydrogens (primary N) is 1. The number of hydrogen-bond acceptors (Lipinski definition) is 4. The van der Waals surface area contributed by atoms with Crippen LogP contribution in [0.5, 0.6) is 5.88 Å². The average molecular weight is 310 g/mol. The van der Waals surface area contributed by atoms with E-state index in [0.717, 1.165) is 4.57 Å². The van der Waals surface area contributed by atoms with E-state index in [1.807, 2.05) is 0 Å². The number of amides is 1. The van der Waals surface area contributed by atoms with Crippen molar-refractivity contribution >= 4 is 17.5 Å². The number of primary amides is 1. The number of carbonyl (C=O) groups excluding carboxylic acids is 1. The van der Waals surface area contributed by atoms with E-state index >= 15 is 0 Å². The SMILES string of the molecule is NC(=O)CCn1c(O)c(-c2ccc(Cl)cc2)c(=O)[nH]c1=O.